The van der Waals surface area contributed by atoms with Crippen molar-refractivity contribution in [3.8, 4) is 5.75 Å². The lowest BCUT2D eigenvalue weighted by Crippen LogP contribution is -2.31. The molecule has 0 aliphatic rings. The van der Waals surface area contributed by atoms with Crippen LogP contribution in [0.5, 0.6) is 5.75 Å². The van der Waals surface area contributed by atoms with Crippen molar-refractivity contribution in [2.24, 2.45) is 0 Å². The molecule has 5 heteroatoms. The summed E-state index contributed by atoms with van der Waals surface area (Å²) in [7, 11) is 0. The van der Waals surface area contributed by atoms with Gasteiger partial charge >= 0.3 is 0 Å². The lowest BCUT2D eigenvalue weighted by atomic mass is 10.1. The second kappa shape index (κ2) is 6.83. The predicted octanol–water partition coefficient (Wildman–Crippen LogP) is 2.92. The normalized spacial score (nSPS) is 10.4. The third-order valence-electron chi connectivity index (χ3n) is 3.17. The quantitative estimate of drug-likeness (QED) is 0.830. The maximum Gasteiger partial charge on any atom is 0.260 e. The standard InChI is InChI=1S/C16H20N2O3/c1-3-18(11-12-7-6-10-21-12)16(19)15-13(17)8-5-9-14(15)20-4-2/h5-10H,3-4,11,17H2,1-2H3. The zero-order valence-electron chi connectivity index (χ0n) is 12.3. The first kappa shape index (κ1) is 15.0. The topological polar surface area (TPSA) is 68.7 Å². The molecule has 1 heterocycles. The number of benzene rings is 1. The fraction of sp³-hybridized carbons (Fsp3) is 0.312. The van der Waals surface area contributed by atoms with Gasteiger partial charge in [-0.3, -0.25) is 4.79 Å². The first-order valence-electron chi connectivity index (χ1n) is 7.00. The number of furan rings is 1. The maximum absolute atomic E-state index is 12.7. The molecule has 2 aromatic rings. The van der Waals surface area contributed by atoms with Crippen molar-refractivity contribution in [2.75, 3.05) is 18.9 Å². The molecule has 0 saturated heterocycles. The van der Waals surface area contributed by atoms with Gasteiger partial charge in [0, 0.05) is 12.2 Å². The molecule has 0 atom stereocenters. The Morgan fingerprint density at radius 2 is 2.10 bits per heavy atom. The second-order valence-corrected chi connectivity index (χ2v) is 4.55. The number of hydrogen-bond donors (Lipinski definition) is 1. The van der Waals surface area contributed by atoms with Crippen molar-refractivity contribution in [3.63, 3.8) is 0 Å². The number of rotatable bonds is 6. The van der Waals surface area contributed by atoms with E-state index in [1.807, 2.05) is 19.9 Å². The number of nitrogens with two attached hydrogens (primary N) is 1. The van der Waals surface area contributed by atoms with Crippen LogP contribution in [0.1, 0.15) is 30.0 Å². The number of carbonyl (C=O) groups excluding carboxylic acids is 1. The summed E-state index contributed by atoms with van der Waals surface area (Å²) in [5, 5.41) is 0. The van der Waals surface area contributed by atoms with Crippen LogP contribution >= 0.6 is 0 Å². The Morgan fingerprint density at radius 3 is 2.71 bits per heavy atom. The smallest absolute Gasteiger partial charge is 0.260 e. The summed E-state index contributed by atoms with van der Waals surface area (Å²) in [5.41, 5.74) is 6.80. The SMILES string of the molecule is CCOc1cccc(N)c1C(=O)N(CC)Cc1ccco1. The van der Waals surface area contributed by atoms with E-state index in [9.17, 15) is 4.79 Å². The minimum Gasteiger partial charge on any atom is -0.493 e. The van der Waals surface area contributed by atoms with E-state index in [0.717, 1.165) is 5.76 Å². The van der Waals surface area contributed by atoms with Crippen LogP contribution in [0, 0.1) is 0 Å². The zero-order valence-corrected chi connectivity index (χ0v) is 12.3. The molecule has 1 aromatic heterocycles. The van der Waals surface area contributed by atoms with Crippen LogP contribution in [-0.4, -0.2) is 24.0 Å². The average Bonchev–Trinajstić information content (AvgIpc) is 2.98. The number of nitrogen functional groups attached to an aromatic ring is 1. The first-order valence-corrected chi connectivity index (χ1v) is 7.00. The summed E-state index contributed by atoms with van der Waals surface area (Å²) < 4.78 is 10.8. The van der Waals surface area contributed by atoms with Gasteiger partial charge in [-0.05, 0) is 38.1 Å². The number of ether oxygens (including phenoxy) is 1. The molecular weight excluding hydrogens is 268 g/mol. The van der Waals surface area contributed by atoms with E-state index in [2.05, 4.69) is 0 Å². The molecule has 2 rings (SSSR count). The highest BCUT2D eigenvalue weighted by Gasteiger charge is 2.22. The van der Waals surface area contributed by atoms with Gasteiger partial charge < -0.3 is 19.8 Å². The number of amides is 1. The van der Waals surface area contributed by atoms with Crippen LogP contribution in [-0.2, 0) is 6.54 Å². The molecule has 1 aromatic carbocycles. The summed E-state index contributed by atoms with van der Waals surface area (Å²) in [6.45, 7) is 5.23. The minimum atomic E-state index is -0.157. The van der Waals surface area contributed by atoms with E-state index in [-0.39, 0.29) is 5.91 Å². The molecule has 112 valence electrons. The van der Waals surface area contributed by atoms with E-state index in [1.165, 1.54) is 0 Å². The fourth-order valence-corrected chi connectivity index (χ4v) is 2.13. The summed E-state index contributed by atoms with van der Waals surface area (Å²) in [5.74, 6) is 1.09. The summed E-state index contributed by atoms with van der Waals surface area (Å²) in [6.07, 6.45) is 1.59. The number of hydrogen-bond acceptors (Lipinski definition) is 4. The van der Waals surface area contributed by atoms with Crippen molar-refractivity contribution in [3.05, 3.63) is 47.9 Å². The Hall–Kier alpha value is -2.43. The number of anilines is 1. The van der Waals surface area contributed by atoms with Crippen LogP contribution in [0.2, 0.25) is 0 Å². The van der Waals surface area contributed by atoms with Crippen LogP contribution < -0.4 is 10.5 Å². The monoisotopic (exact) mass is 288 g/mol. The second-order valence-electron chi connectivity index (χ2n) is 4.55. The molecule has 21 heavy (non-hydrogen) atoms. The third-order valence-corrected chi connectivity index (χ3v) is 3.17. The molecule has 0 fully saturated rings. The molecular formula is C16H20N2O3. The van der Waals surface area contributed by atoms with Gasteiger partial charge in [-0.15, -0.1) is 0 Å². The molecule has 0 unspecified atom stereocenters. The molecule has 1 amide bonds. The Labute approximate surface area is 124 Å². The van der Waals surface area contributed by atoms with Gasteiger partial charge in [0.25, 0.3) is 5.91 Å². The van der Waals surface area contributed by atoms with Gasteiger partial charge in [-0.2, -0.15) is 0 Å². The Balaban J connectivity index is 2.28. The first-order chi connectivity index (χ1) is 10.2. The summed E-state index contributed by atoms with van der Waals surface area (Å²) in [6, 6.07) is 8.88. The van der Waals surface area contributed by atoms with Gasteiger partial charge in [0.15, 0.2) is 0 Å². The van der Waals surface area contributed by atoms with E-state index in [4.69, 9.17) is 14.9 Å². The Kier molecular flexibility index (Phi) is 4.87. The highest BCUT2D eigenvalue weighted by Crippen LogP contribution is 2.26. The molecule has 5 nitrogen and oxygen atoms in total. The van der Waals surface area contributed by atoms with E-state index < -0.39 is 0 Å². The Bertz CT molecular complexity index is 594. The molecule has 0 spiro atoms. The van der Waals surface area contributed by atoms with E-state index in [1.54, 1.807) is 35.4 Å². The molecule has 0 bridgehead atoms. The van der Waals surface area contributed by atoms with Gasteiger partial charge in [0.2, 0.25) is 0 Å². The van der Waals surface area contributed by atoms with Gasteiger partial charge in [0.05, 0.1) is 19.4 Å². The third kappa shape index (κ3) is 3.37. The molecule has 2 N–H and O–H groups in total. The highest BCUT2D eigenvalue weighted by atomic mass is 16.5. The van der Waals surface area contributed by atoms with Crippen molar-refractivity contribution >= 4 is 11.6 Å². The summed E-state index contributed by atoms with van der Waals surface area (Å²) in [4.78, 5) is 14.4. The predicted molar refractivity (Wildman–Crippen MR) is 81.1 cm³/mol. The van der Waals surface area contributed by atoms with E-state index >= 15 is 0 Å². The fourth-order valence-electron chi connectivity index (χ4n) is 2.13. The van der Waals surface area contributed by atoms with Gasteiger partial charge in [-0.25, -0.2) is 0 Å². The van der Waals surface area contributed by atoms with Crippen molar-refractivity contribution in [1.82, 2.24) is 4.90 Å². The lowest BCUT2D eigenvalue weighted by Gasteiger charge is -2.22. The van der Waals surface area contributed by atoms with Crippen molar-refractivity contribution in [2.45, 2.75) is 20.4 Å². The van der Waals surface area contributed by atoms with Crippen molar-refractivity contribution < 1.29 is 13.9 Å². The maximum atomic E-state index is 12.7. The van der Waals surface area contributed by atoms with Crippen LogP contribution in [0.3, 0.4) is 0 Å². The van der Waals surface area contributed by atoms with Crippen molar-refractivity contribution in [1.29, 1.82) is 0 Å². The highest BCUT2D eigenvalue weighted by molar-refractivity contribution is 6.01. The zero-order chi connectivity index (χ0) is 15.2. The minimum absolute atomic E-state index is 0.157. The Morgan fingerprint density at radius 1 is 1.29 bits per heavy atom. The molecule has 0 saturated carbocycles. The average molecular weight is 288 g/mol. The number of carbonyl (C=O) groups is 1. The molecule has 0 aliphatic heterocycles. The van der Waals surface area contributed by atoms with Crippen LogP contribution in [0.25, 0.3) is 0 Å². The molecule has 0 radical (unpaired) electrons. The van der Waals surface area contributed by atoms with Gasteiger partial charge in [0.1, 0.15) is 17.1 Å². The van der Waals surface area contributed by atoms with E-state index in [0.29, 0.717) is 36.7 Å². The van der Waals surface area contributed by atoms with Gasteiger partial charge in [-0.1, -0.05) is 6.07 Å². The largest absolute Gasteiger partial charge is 0.493 e. The van der Waals surface area contributed by atoms with Crippen LogP contribution in [0.4, 0.5) is 5.69 Å². The summed E-state index contributed by atoms with van der Waals surface area (Å²) >= 11 is 0. The lowest BCUT2D eigenvalue weighted by molar-refractivity contribution is 0.0738. The molecule has 0 aliphatic carbocycles. The number of nitrogens with zero attached hydrogens (tertiary/aromatic N) is 1. The van der Waals surface area contributed by atoms with Crippen LogP contribution in [0.15, 0.2) is 41.0 Å².